The van der Waals surface area contributed by atoms with E-state index in [1.54, 1.807) is 23.3 Å². The van der Waals surface area contributed by atoms with E-state index in [4.69, 9.17) is 5.73 Å². The molecule has 2 rings (SSSR count). The van der Waals surface area contributed by atoms with Crippen molar-refractivity contribution in [1.29, 1.82) is 0 Å². The van der Waals surface area contributed by atoms with E-state index in [1.807, 2.05) is 6.92 Å². The van der Waals surface area contributed by atoms with Crippen LogP contribution in [0.3, 0.4) is 0 Å². The molecule has 0 atom stereocenters. The zero-order valence-electron chi connectivity index (χ0n) is 11.1. The highest BCUT2D eigenvalue weighted by molar-refractivity contribution is 5.74. The quantitative estimate of drug-likeness (QED) is 0.638. The van der Waals surface area contributed by atoms with Crippen LogP contribution in [0.1, 0.15) is 13.3 Å². The summed E-state index contributed by atoms with van der Waals surface area (Å²) in [5.41, 5.74) is 5.08. The summed E-state index contributed by atoms with van der Waals surface area (Å²) in [7, 11) is 0. The lowest BCUT2D eigenvalue weighted by Crippen LogP contribution is -2.18. The van der Waals surface area contributed by atoms with Crippen LogP contribution in [0.15, 0.2) is 18.7 Å². The molecule has 0 aliphatic heterocycles. The van der Waals surface area contributed by atoms with E-state index >= 15 is 0 Å². The number of anilines is 2. The number of amides is 1. The minimum absolute atomic E-state index is 0.211. The summed E-state index contributed by atoms with van der Waals surface area (Å²) in [5, 5.41) is 5.96. The van der Waals surface area contributed by atoms with E-state index in [1.165, 1.54) is 0 Å². The lowest BCUT2D eigenvalue weighted by molar-refractivity contribution is -0.117. The third kappa shape index (κ3) is 3.64. The van der Waals surface area contributed by atoms with Crippen LogP contribution in [-0.4, -0.2) is 43.5 Å². The molecule has 0 aliphatic carbocycles. The molecule has 1 amide bonds. The van der Waals surface area contributed by atoms with Gasteiger partial charge in [0.2, 0.25) is 23.8 Å². The molecule has 2 aromatic heterocycles. The standard InChI is InChI=1S/C11H16N8O/c1-2-14-9-16-10(15-4-3-8(12)20)18-11(17-9)19-6-5-13-7-19/h5-7H,2-4H2,1H3,(H2,12,20)(H2,14,15,16,17,18). The van der Waals surface area contributed by atoms with Gasteiger partial charge in [-0.2, -0.15) is 15.0 Å². The number of nitrogens with one attached hydrogen (secondary N) is 2. The lowest BCUT2D eigenvalue weighted by Gasteiger charge is -2.09. The average molecular weight is 276 g/mol. The Hall–Kier alpha value is -2.71. The van der Waals surface area contributed by atoms with Crippen molar-refractivity contribution >= 4 is 17.8 Å². The number of carbonyl (C=O) groups is 1. The molecular formula is C11H16N8O. The molecule has 2 aromatic rings. The molecule has 0 aliphatic rings. The summed E-state index contributed by atoms with van der Waals surface area (Å²) in [4.78, 5) is 27.4. The van der Waals surface area contributed by atoms with E-state index in [0.29, 0.717) is 30.9 Å². The first-order chi connectivity index (χ1) is 9.69. The first kappa shape index (κ1) is 13.7. The van der Waals surface area contributed by atoms with Gasteiger partial charge in [-0.25, -0.2) is 4.98 Å². The Morgan fingerprint density at radius 2 is 2.05 bits per heavy atom. The largest absolute Gasteiger partial charge is 0.370 e. The van der Waals surface area contributed by atoms with Gasteiger partial charge in [0, 0.05) is 31.9 Å². The fraction of sp³-hybridized carbons (Fsp3) is 0.364. The fourth-order valence-corrected chi connectivity index (χ4v) is 1.47. The number of nitrogens with two attached hydrogens (primary N) is 1. The van der Waals surface area contributed by atoms with Gasteiger partial charge in [0.15, 0.2) is 0 Å². The lowest BCUT2D eigenvalue weighted by atomic mass is 10.4. The van der Waals surface area contributed by atoms with Gasteiger partial charge in [-0.15, -0.1) is 0 Å². The normalized spacial score (nSPS) is 10.2. The zero-order valence-corrected chi connectivity index (χ0v) is 11.1. The number of imidazole rings is 1. The molecule has 106 valence electrons. The second-order valence-corrected chi connectivity index (χ2v) is 3.93. The van der Waals surface area contributed by atoms with E-state index in [-0.39, 0.29) is 12.3 Å². The van der Waals surface area contributed by atoms with Crippen LogP contribution < -0.4 is 16.4 Å². The van der Waals surface area contributed by atoms with Gasteiger partial charge in [-0.1, -0.05) is 0 Å². The Morgan fingerprint density at radius 1 is 1.30 bits per heavy atom. The monoisotopic (exact) mass is 276 g/mol. The van der Waals surface area contributed by atoms with E-state index in [0.717, 1.165) is 0 Å². The number of carbonyl (C=O) groups excluding carboxylic acids is 1. The van der Waals surface area contributed by atoms with Crippen LogP contribution in [0.5, 0.6) is 0 Å². The summed E-state index contributed by atoms with van der Waals surface area (Å²) in [6.07, 6.45) is 5.18. The predicted molar refractivity (Wildman–Crippen MR) is 73.4 cm³/mol. The molecule has 20 heavy (non-hydrogen) atoms. The molecule has 9 heteroatoms. The van der Waals surface area contributed by atoms with Crippen molar-refractivity contribution in [2.75, 3.05) is 23.7 Å². The Bertz CT molecular complexity index is 568. The maximum Gasteiger partial charge on any atom is 0.241 e. The summed E-state index contributed by atoms with van der Waals surface area (Å²) < 4.78 is 1.67. The number of rotatable bonds is 7. The zero-order chi connectivity index (χ0) is 14.4. The molecule has 9 nitrogen and oxygen atoms in total. The molecule has 0 saturated carbocycles. The molecule has 0 radical (unpaired) electrons. The van der Waals surface area contributed by atoms with Crippen molar-refractivity contribution in [1.82, 2.24) is 24.5 Å². The predicted octanol–water partition coefficient (Wildman–Crippen LogP) is -0.224. The Kier molecular flexibility index (Phi) is 4.43. The average Bonchev–Trinajstić information content (AvgIpc) is 2.92. The summed E-state index contributed by atoms with van der Waals surface area (Å²) in [6, 6.07) is 0. The van der Waals surface area contributed by atoms with Gasteiger partial charge in [0.1, 0.15) is 6.33 Å². The smallest absolute Gasteiger partial charge is 0.241 e. The minimum Gasteiger partial charge on any atom is -0.370 e. The third-order valence-electron chi connectivity index (χ3n) is 2.35. The topological polar surface area (TPSA) is 124 Å². The van der Waals surface area contributed by atoms with Crippen LogP contribution in [-0.2, 0) is 4.79 Å². The number of primary amides is 1. The minimum atomic E-state index is -0.381. The molecule has 2 heterocycles. The van der Waals surface area contributed by atoms with E-state index in [2.05, 4.69) is 30.6 Å². The van der Waals surface area contributed by atoms with Crippen molar-refractivity contribution in [2.45, 2.75) is 13.3 Å². The van der Waals surface area contributed by atoms with E-state index < -0.39 is 0 Å². The van der Waals surface area contributed by atoms with Crippen LogP contribution >= 0.6 is 0 Å². The number of hydrogen-bond acceptors (Lipinski definition) is 7. The van der Waals surface area contributed by atoms with Gasteiger partial charge in [0.25, 0.3) is 0 Å². The molecular weight excluding hydrogens is 260 g/mol. The molecule has 0 unspecified atom stereocenters. The van der Waals surface area contributed by atoms with E-state index in [9.17, 15) is 4.79 Å². The van der Waals surface area contributed by atoms with Gasteiger partial charge >= 0.3 is 0 Å². The second kappa shape index (κ2) is 6.45. The molecule has 0 aromatic carbocycles. The Labute approximate surface area is 115 Å². The molecule has 0 bridgehead atoms. The van der Waals surface area contributed by atoms with Crippen molar-refractivity contribution < 1.29 is 4.79 Å². The van der Waals surface area contributed by atoms with Crippen LogP contribution in [0.2, 0.25) is 0 Å². The van der Waals surface area contributed by atoms with Crippen LogP contribution in [0.4, 0.5) is 11.9 Å². The maximum atomic E-state index is 10.7. The molecule has 0 fully saturated rings. The number of hydrogen-bond donors (Lipinski definition) is 3. The summed E-state index contributed by atoms with van der Waals surface area (Å²) in [6.45, 7) is 3.00. The van der Waals surface area contributed by atoms with Crippen molar-refractivity contribution in [3.05, 3.63) is 18.7 Å². The van der Waals surface area contributed by atoms with Crippen molar-refractivity contribution in [3.8, 4) is 5.95 Å². The Balaban J connectivity index is 2.19. The van der Waals surface area contributed by atoms with Gasteiger partial charge < -0.3 is 16.4 Å². The first-order valence-corrected chi connectivity index (χ1v) is 6.19. The highest BCUT2D eigenvalue weighted by Crippen LogP contribution is 2.09. The third-order valence-corrected chi connectivity index (χ3v) is 2.35. The number of nitrogens with zero attached hydrogens (tertiary/aromatic N) is 5. The summed E-state index contributed by atoms with van der Waals surface area (Å²) in [5.74, 6) is 0.886. The molecule has 0 saturated heterocycles. The number of aromatic nitrogens is 5. The molecule has 0 spiro atoms. The van der Waals surface area contributed by atoms with Gasteiger partial charge in [-0.05, 0) is 6.92 Å². The maximum absolute atomic E-state index is 10.7. The first-order valence-electron chi connectivity index (χ1n) is 6.19. The van der Waals surface area contributed by atoms with Crippen molar-refractivity contribution in [2.24, 2.45) is 5.73 Å². The van der Waals surface area contributed by atoms with Gasteiger partial charge in [-0.3, -0.25) is 9.36 Å². The van der Waals surface area contributed by atoms with Crippen LogP contribution in [0.25, 0.3) is 5.95 Å². The molecule has 4 N–H and O–H groups in total. The highest BCUT2D eigenvalue weighted by atomic mass is 16.1. The van der Waals surface area contributed by atoms with Gasteiger partial charge in [0.05, 0.1) is 0 Å². The van der Waals surface area contributed by atoms with Crippen LogP contribution in [0, 0.1) is 0 Å². The van der Waals surface area contributed by atoms with Crippen molar-refractivity contribution in [3.63, 3.8) is 0 Å². The highest BCUT2D eigenvalue weighted by Gasteiger charge is 2.07. The Morgan fingerprint density at radius 3 is 2.65 bits per heavy atom. The second-order valence-electron chi connectivity index (χ2n) is 3.93. The fourth-order valence-electron chi connectivity index (χ4n) is 1.47. The SMILES string of the molecule is CCNc1nc(NCCC(N)=O)nc(-n2ccnc2)n1. The summed E-state index contributed by atoms with van der Waals surface area (Å²) >= 11 is 0.